The number of thiophene rings is 1. The highest BCUT2D eigenvalue weighted by Gasteiger charge is 2.61. The van der Waals surface area contributed by atoms with Gasteiger partial charge in [-0.15, -0.1) is 11.3 Å². The Morgan fingerprint density at radius 2 is 1.81 bits per heavy atom. The maximum Gasteiger partial charge on any atom is 0.341 e. The first-order valence-corrected chi connectivity index (χ1v) is 15.6. The molecule has 0 bridgehead atoms. The summed E-state index contributed by atoms with van der Waals surface area (Å²) < 4.78 is 11.7. The number of rotatable bonds is 5. The molecule has 0 unspecified atom stereocenters. The molecular formula is C32H33BrN2O6S. The predicted molar refractivity (Wildman–Crippen MR) is 164 cm³/mol. The maximum atomic E-state index is 14.4. The van der Waals surface area contributed by atoms with Gasteiger partial charge < -0.3 is 9.47 Å². The van der Waals surface area contributed by atoms with Crippen LogP contribution in [0.1, 0.15) is 59.6 Å². The summed E-state index contributed by atoms with van der Waals surface area (Å²) in [6.45, 7) is 6.66. The van der Waals surface area contributed by atoms with Crippen LogP contribution in [0, 0.1) is 17.3 Å². The number of halogens is 1. The molecule has 0 saturated carbocycles. The molecule has 1 aromatic heterocycles. The molecule has 10 heteroatoms. The number of para-hydroxylation sites is 1. The molecule has 2 fully saturated rings. The number of hydroxylamine groups is 1. The molecular weight excluding hydrogens is 620 g/mol. The lowest BCUT2D eigenvalue weighted by Gasteiger charge is -2.33. The van der Waals surface area contributed by atoms with Gasteiger partial charge in [0.15, 0.2) is 6.10 Å². The van der Waals surface area contributed by atoms with E-state index in [0.717, 1.165) is 27.8 Å². The number of methoxy groups -OCH3 is 2. The second-order valence-electron chi connectivity index (χ2n) is 12.0. The van der Waals surface area contributed by atoms with Gasteiger partial charge in [-0.1, -0.05) is 54.9 Å². The minimum absolute atomic E-state index is 0.0918. The van der Waals surface area contributed by atoms with Crippen LogP contribution in [0.25, 0.3) is 0 Å². The van der Waals surface area contributed by atoms with E-state index in [1.54, 1.807) is 12.2 Å². The second-order valence-corrected chi connectivity index (χ2v) is 14.0. The Hall–Kier alpha value is -3.21. The Kier molecular flexibility index (Phi) is 7.43. The minimum atomic E-state index is -1.07. The number of fused-ring (bicyclic) bond motifs is 2. The number of hydrogen-bond donors (Lipinski definition) is 0. The van der Waals surface area contributed by atoms with Gasteiger partial charge in [0, 0.05) is 14.9 Å². The number of imide groups is 1. The second kappa shape index (κ2) is 10.8. The number of nitrogens with zero attached hydrogens (tertiary/aromatic N) is 2. The SMILES string of the molecule is COC(=O)c1c(N2C(=O)[C@H]3[C@H](ON(c4ccccc4)[C@H]3c3cc(Br)ccc3OC)C2=O)sc2c1CC[C@@H](C(C)(C)C)C2. The Morgan fingerprint density at radius 3 is 2.48 bits per heavy atom. The number of carbonyl (C=O) groups is 3. The molecule has 1 aliphatic carbocycles. The van der Waals surface area contributed by atoms with Gasteiger partial charge in [-0.25, -0.2) is 14.8 Å². The quantitative estimate of drug-likeness (QED) is 0.229. The fourth-order valence-corrected chi connectivity index (χ4v) is 8.25. The topological polar surface area (TPSA) is 85.4 Å². The molecule has 42 heavy (non-hydrogen) atoms. The zero-order chi connectivity index (χ0) is 29.9. The zero-order valence-corrected chi connectivity index (χ0v) is 26.6. The highest BCUT2D eigenvalue weighted by molar-refractivity contribution is 9.10. The Labute approximate surface area is 257 Å². The van der Waals surface area contributed by atoms with Gasteiger partial charge in [0.05, 0.1) is 31.5 Å². The van der Waals surface area contributed by atoms with Gasteiger partial charge in [0.25, 0.3) is 5.91 Å². The largest absolute Gasteiger partial charge is 0.496 e. The number of anilines is 2. The number of amides is 2. The van der Waals surface area contributed by atoms with Crippen LogP contribution in [0.2, 0.25) is 0 Å². The molecule has 2 saturated heterocycles. The molecule has 3 heterocycles. The van der Waals surface area contributed by atoms with E-state index in [-0.39, 0.29) is 5.41 Å². The standard InChI is InChI=1S/C32H33BrN2O6S/c1-32(2,3)17-11-13-20-23(15-17)42-30(24(20)31(38)40-5)34-28(36)25-26(21-16-18(33)12-14-22(21)39-4)35(41-27(25)29(34)37)19-9-7-6-8-10-19/h6-10,12,14,16-17,25-27H,11,13,15H2,1-5H3/t17-,25-,26+,27+/m1/s1. The predicted octanol–water partition coefficient (Wildman–Crippen LogP) is 6.51. The molecule has 8 nitrogen and oxygen atoms in total. The van der Waals surface area contributed by atoms with E-state index in [0.29, 0.717) is 39.9 Å². The summed E-state index contributed by atoms with van der Waals surface area (Å²) in [7, 11) is 2.90. The molecule has 220 valence electrons. The molecule has 0 radical (unpaired) electrons. The van der Waals surface area contributed by atoms with E-state index in [1.165, 1.54) is 23.3 Å². The fraction of sp³-hybridized carbons (Fsp3) is 0.406. The lowest BCUT2D eigenvalue weighted by Crippen LogP contribution is -2.37. The lowest BCUT2D eigenvalue weighted by atomic mass is 9.72. The molecule has 2 aromatic carbocycles. The first-order valence-electron chi connectivity index (χ1n) is 14.0. The summed E-state index contributed by atoms with van der Waals surface area (Å²) in [6.07, 6.45) is 1.33. The van der Waals surface area contributed by atoms with Gasteiger partial charge in [-0.2, -0.15) is 0 Å². The Morgan fingerprint density at radius 1 is 1.07 bits per heavy atom. The first kappa shape index (κ1) is 28.9. The third-order valence-corrected chi connectivity index (χ3v) is 10.4. The van der Waals surface area contributed by atoms with E-state index in [2.05, 4.69) is 36.7 Å². The monoisotopic (exact) mass is 652 g/mol. The van der Waals surface area contributed by atoms with E-state index in [1.807, 2.05) is 48.5 Å². The summed E-state index contributed by atoms with van der Waals surface area (Å²) in [5.74, 6) is -1.31. The van der Waals surface area contributed by atoms with Crippen molar-refractivity contribution in [2.24, 2.45) is 17.3 Å². The summed E-state index contributed by atoms with van der Waals surface area (Å²) in [4.78, 5) is 50.3. The molecule has 3 aliphatic rings. The van der Waals surface area contributed by atoms with E-state index >= 15 is 0 Å². The molecule has 6 rings (SSSR count). The first-order chi connectivity index (χ1) is 20.0. The van der Waals surface area contributed by atoms with Crippen LogP contribution >= 0.6 is 27.3 Å². The third-order valence-electron chi connectivity index (χ3n) is 8.70. The molecule has 4 atom stereocenters. The molecule has 3 aromatic rings. The Bertz CT molecular complexity index is 1560. The van der Waals surface area contributed by atoms with Crippen LogP contribution in [-0.2, 0) is 32.0 Å². The summed E-state index contributed by atoms with van der Waals surface area (Å²) in [5.41, 5.74) is 2.72. The van der Waals surface area contributed by atoms with Crippen LogP contribution in [0.15, 0.2) is 53.0 Å². The molecule has 0 N–H and O–H groups in total. The van der Waals surface area contributed by atoms with Gasteiger partial charge in [0.2, 0.25) is 5.91 Å². The van der Waals surface area contributed by atoms with Crippen molar-refractivity contribution >= 4 is 55.7 Å². The smallest absolute Gasteiger partial charge is 0.341 e. The summed E-state index contributed by atoms with van der Waals surface area (Å²) in [6, 6.07) is 14.3. The molecule has 2 amide bonds. The van der Waals surface area contributed by atoms with Crippen molar-refractivity contribution in [1.82, 2.24) is 0 Å². The van der Waals surface area contributed by atoms with E-state index < -0.39 is 35.8 Å². The number of ether oxygens (including phenoxy) is 2. The van der Waals surface area contributed by atoms with Crippen LogP contribution in [0.3, 0.4) is 0 Å². The number of benzene rings is 2. The third kappa shape index (κ3) is 4.64. The average molecular weight is 654 g/mol. The normalized spacial score (nSPS) is 23.7. The number of hydrogen-bond acceptors (Lipinski definition) is 8. The minimum Gasteiger partial charge on any atom is -0.496 e. The van der Waals surface area contributed by atoms with E-state index in [4.69, 9.17) is 14.3 Å². The number of esters is 1. The van der Waals surface area contributed by atoms with Crippen LogP contribution < -0.4 is 14.7 Å². The molecule has 2 aliphatic heterocycles. The summed E-state index contributed by atoms with van der Waals surface area (Å²) in [5, 5.41) is 1.97. The fourth-order valence-electron chi connectivity index (χ4n) is 6.45. The van der Waals surface area contributed by atoms with Crippen molar-refractivity contribution < 1.29 is 28.7 Å². The van der Waals surface area contributed by atoms with Crippen molar-refractivity contribution in [3.05, 3.63) is 74.6 Å². The highest BCUT2D eigenvalue weighted by Crippen LogP contribution is 2.52. The van der Waals surface area contributed by atoms with Crippen LogP contribution in [0.5, 0.6) is 5.75 Å². The lowest BCUT2D eigenvalue weighted by molar-refractivity contribution is -0.126. The van der Waals surface area contributed by atoms with Crippen molar-refractivity contribution in [3.8, 4) is 5.75 Å². The maximum absolute atomic E-state index is 14.4. The van der Waals surface area contributed by atoms with Crippen molar-refractivity contribution in [1.29, 1.82) is 0 Å². The van der Waals surface area contributed by atoms with Gasteiger partial charge in [-0.3, -0.25) is 14.4 Å². The van der Waals surface area contributed by atoms with E-state index in [9.17, 15) is 14.4 Å². The highest BCUT2D eigenvalue weighted by atomic mass is 79.9. The van der Waals surface area contributed by atoms with Crippen LogP contribution in [0.4, 0.5) is 10.7 Å². The zero-order valence-electron chi connectivity index (χ0n) is 24.2. The van der Waals surface area contributed by atoms with Crippen molar-refractivity contribution in [2.45, 2.75) is 52.2 Å². The van der Waals surface area contributed by atoms with Gasteiger partial charge in [0.1, 0.15) is 16.7 Å². The van der Waals surface area contributed by atoms with Crippen LogP contribution in [-0.4, -0.2) is 38.1 Å². The van der Waals surface area contributed by atoms with Gasteiger partial charge in [-0.05, 0) is 66.5 Å². The average Bonchev–Trinajstić information content (AvgIpc) is 3.62. The van der Waals surface area contributed by atoms with Crippen molar-refractivity contribution in [3.63, 3.8) is 0 Å². The summed E-state index contributed by atoms with van der Waals surface area (Å²) >= 11 is 4.91. The van der Waals surface area contributed by atoms with Gasteiger partial charge >= 0.3 is 5.97 Å². The van der Waals surface area contributed by atoms with Crippen molar-refractivity contribution in [2.75, 3.05) is 24.2 Å². The number of carbonyl (C=O) groups excluding carboxylic acids is 3. The Balaban J connectivity index is 1.46. The molecule has 0 spiro atoms.